The molecule has 2 heterocycles. The minimum Gasteiger partial charge on any atom is -0.342 e. The third-order valence-corrected chi connectivity index (χ3v) is 6.59. The SMILES string of the molecule is O=C(Nc1ccc(Br)cn1)C1CCN(C(=O)C2(c3cccc(F)c3)CCC2)CC1. The number of anilines is 1. The average molecular weight is 460 g/mol. The van der Waals surface area contributed by atoms with Gasteiger partial charge in [0.1, 0.15) is 11.6 Å². The Bertz CT molecular complexity index is 907. The number of rotatable bonds is 4. The molecule has 0 bridgehead atoms. The first-order valence-electron chi connectivity index (χ1n) is 9.96. The van der Waals surface area contributed by atoms with Gasteiger partial charge in [-0.25, -0.2) is 9.37 Å². The topological polar surface area (TPSA) is 62.3 Å². The molecular weight excluding hydrogens is 437 g/mol. The standard InChI is InChI=1S/C22H23BrFN3O2/c23-17-5-6-19(25-14-17)26-20(28)15-7-11-27(12-8-15)21(29)22(9-2-10-22)16-3-1-4-18(24)13-16/h1,3-6,13-15H,2,7-12H2,(H,25,26,28). The number of nitrogens with zero attached hydrogens (tertiary/aromatic N) is 2. The molecule has 2 amide bonds. The van der Waals surface area contributed by atoms with Gasteiger partial charge in [0.2, 0.25) is 11.8 Å². The number of benzene rings is 1. The Hall–Kier alpha value is -2.28. The summed E-state index contributed by atoms with van der Waals surface area (Å²) in [6.45, 7) is 1.09. The molecule has 1 saturated heterocycles. The Morgan fingerprint density at radius 3 is 2.52 bits per heavy atom. The van der Waals surface area contributed by atoms with Crippen LogP contribution in [0.3, 0.4) is 0 Å². The van der Waals surface area contributed by atoms with Gasteiger partial charge < -0.3 is 10.2 Å². The number of hydrogen-bond acceptors (Lipinski definition) is 3. The fourth-order valence-corrected chi connectivity index (χ4v) is 4.50. The maximum Gasteiger partial charge on any atom is 0.233 e. The molecule has 5 nitrogen and oxygen atoms in total. The van der Waals surface area contributed by atoms with Crippen LogP contribution in [0.1, 0.15) is 37.7 Å². The lowest BCUT2D eigenvalue weighted by Gasteiger charge is -2.45. The summed E-state index contributed by atoms with van der Waals surface area (Å²) in [5, 5.41) is 2.85. The summed E-state index contributed by atoms with van der Waals surface area (Å²) >= 11 is 3.32. The van der Waals surface area contributed by atoms with Gasteiger partial charge in [0.25, 0.3) is 0 Å². The van der Waals surface area contributed by atoms with E-state index in [-0.39, 0.29) is 23.5 Å². The van der Waals surface area contributed by atoms with Gasteiger partial charge in [-0.3, -0.25) is 9.59 Å². The van der Waals surface area contributed by atoms with E-state index in [0.29, 0.717) is 31.7 Å². The van der Waals surface area contributed by atoms with Crippen LogP contribution < -0.4 is 5.32 Å². The highest BCUT2D eigenvalue weighted by Gasteiger charge is 2.48. The van der Waals surface area contributed by atoms with Gasteiger partial charge in [-0.1, -0.05) is 18.6 Å². The molecule has 4 rings (SSSR count). The van der Waals surface area contributed by atoms with Crippen LogP contribution in [0.25, 0.3) is 0 Å². The van der Waals surface area contributed by atoms with Crippen molar-refractivity contribution in [2.45, 2.75) is 37.5 Å². The zero-order chi connectivity index (χ0) is 20.4. The molecule has 1 N–H and O–H groups in total. The Morgan fingerprint density at radius 1 is 1.17 bits per heavy atom. The lowest BCUT2D eigenvalue weighted by molar-refractivity contribution is -0.143. The van der Waals surface area contributed by atoms with E-state index < -0.39 is 5.41 Å². The Labute approximate surface area is 177 Å². The van der Waals surface area contributed by atoms with E-state index in [0.717, 1.165) is 29.3 Å². The van der Waals surface area contributed by atoms with Crippen LogP contribution >= 0.6 is 15.9 Å². The molecule has 1 aliphatic heterocycles. The van der Waals surface area contributed by atoms with Crippen molar-refractivity contribution in [1.82, 2.24) is 9.88 Å². The zero-order valence-corrected chi connectivity index (χ0v) is 17.6. The fourth-order valence-electron chi connectivity index (χ4n) is 4.27. The highest BCUT2D eigenvalue weighted by molar-refractivity contribution is 9.10. The minimum atomic E-state index is -0.599. The van der Waals surface area contributed by atoms with Crippen molar-refractivity contribution in [3.8, 4) is 0 Å². The highest BCUT2D eigenvalue weighted by atomic mass is 79.9. The number of halogens is 2. The molecule has 1 aliphatic carbocycles. The second-order valence-corrected chi connectivity index (χ2v) is 8.78. The summed E-state index contributed by atoms with van der Waals surface area (Å²) in [5.41, 5.74) is 0.174. The number of aromatic nitrogens is 1. The molecule has 1 aromatic carbocycles. The Kier molecular flexibility index (Phi) is 5.67. The summed E-state index contributed by atoms with van der Waals surface area (Å²) in [6.07, 6.45) is 5.36. The van der Waals surface area contributed by atoms with E-state index >= 15 is 0 Å². The molecule has 2 fully saturated rings. The van der Waals surface area contributed by atoms with Crippen molar-refractivity contribution in [2.75, 3.05) is 18.4 Å². The quantitative estimate of drug-likeness (QED) is 0.741. The van der Waals surface area contributed by atoms with Crippen molar-refractivity contribution >= 4 is 33.6 Å². The van der Waals surface area contributed by atoms with Gasteiger partial charge in [0, 0.05) is 29.7 Å². The van der Waals surface area contributed by atoms with E-state index in [9.17, 15) is 14.0 Å². The first-order valence-corrected chi connectivity index (χ1v) is 10.8. The van der Waals surface area contributed by atoms with Gasteiger partial charge in [0.15, 0.2) is 0 Å². The van der Waals surface area contributed by atoms with Crippen molar-refractivity contribution < 1.29 is 14.0 Å². The molecule has 7 heteroatoms. The summed E-state index contributed by atoms with van der Waals surface area (Å²) < 4.78 is 14.6. The molecule has 152 valence electrons. The van der Waals surface area contributed by atoms with Crippen molar-refractivity contribution in [2.24, 2.45) is 5.92 Å². The number of amides is 2. The Morgan fingerprint density at radius 2 is 1.93 bits per heavy atom. The third-order valence-electron chi connectivity index (χ3n) is 6.13. The smallest absolute Gasteiger partial charge is 0.233 e. The van der Waals surface area contributed by atoms with Crippen LogP contribution in [-0.4, -0.2) is 34.8 Å². The number of piperidine rings is 1. The van der Waals surface area contributed by atoms with E-state index in [4.69, 9.17) is 0 Å². The van der Waals surface area contributed by atoms with E-state index in [1.165, 1.54) is 12.1 Å². The molecule has 1 saturated carbocycles. The monoisotopic (exact) mass is 459 g/mol. The third kappa shape index (κ3) is 4.06. The van der Waals surface area contributed by atoms with Gasteiger partial charge in [0.05, 0.1) is 5.41 Å². The number of carbonyl (C=O) groups is 2. The number of pyridine rings is 1. The zero-order valence-electron chi connectivity index (χ0n) is 16.0. The summed E-state index contributed by atoms with van der Waals surface area (Å²) in [4.78, 5) is 31.9. The van der Waals surface area contributed by atoms with Crippen LogP contribution in [0.4, 0.5) is 10.2 Å². The normalized spacial score (nSPS) is 18.8. The number of likely N-dealkylation sites (tertiary alicyclic amines) is 1. The lowest BCUT2D eigenvalue weighted by atomic mass is 9.63. The molecule has 29 heavy (non-hydrogen) atoms. The largest absolute Gasteiger partial charge is 0.342 e. The lowest BCUT2D eigenvalue weighted by Crippen LogP contribution is -2.53. The fraction of sp³-hybridized carbons (Fsp3) is 0.409. The Balaban J connectivity index is 1.38. The molecule has 0 radical (unpaired) electrons. The maximum atomic E-state index is 13.7. The molecular formula is C22H23BrFN3O2. The predicted octanol–water partition coefficient (Wildman–Crippen LogP) is 4.28. The second-order valence-electron chi connectivity index (χ2n) is 7.86. The highest BCUT2D eigenvalue weighted by Crippen LogP contribution is 2.45. The summed E-state index contributed by atoms with van der Waals surface area (Å²) in [6, 6.07) is 10.00. The molecule has 0 atom stereocenters. The summed E-state index contributed by atoms with van der Waals surface area (Å²) in [7, 11) is 0. The van der Waals surface area contributed by atoms with Crippen molar-refractivity contribution in [3.63, 3.8) is 0 Å². The molecule has 1 aromatic heterocycles. The van der Waals surface area contributed by atoms with Crippen molar-refractivity contribution in [1.29, 1.82) is 0 Å². The van der Waals surface area contributed by atoms with Crippen LogP contribution in [0, 0.1) is 11.7 Å². The van der Waals surface area contributed by atoms with Crippen LogP contribution in [-0.2, 0) is 15.0 Å². The van der Waals surface area contributed by atoms with Crippen LogP contribution in [0.5, 0.6) is 0 Å². The van der Waals surface area contributed by atoms with Gasteiger partial charge in [-0.15, -0.1) is 0 Å². The average Bonchev–Trinajstić information content (AvgIpc) is 2.69. The summed E-state index contributed by atoms with van der Waals surface area (Å²) in [5.74, 6) is 0.0870. The van der Waals surface area contributed by atoms with Crippen LogP contribution in [0.2, 0.25) is 0 Å². The molecule has 0 spiro atoms. The van der Waals surface area contributed by atoms with E-state index in [1.54, 1.807) is 18.3 Å². The second kappa shape index (κ2) is 8.22. The first-order chi connectivity index (χ1) is 14.0. The number of carbonyl (C=O) groups excluding carboxylic acids is 2. The van der Waals surface area contributed by atoms with Crippen LogP contribution in [0.15, 0.2) is 47.1 Å². The van der Waals surface area contributed by atoms with E-state index in [1.807, 2.05) is 17.0 Å². The molecule has 0 unspecified atom stereocenters. The molecule has 2 aromatic rings. The molecule has 2 aliphatic rings. The minimum absolute atomic E-state index is 0.0598. The predicted molar refractivity (Wildman–Crippen MR) is 112 cm³/mol. The van der Waals surface area contributed by atoms with E-state index in [2.05, 4.69) is 26.2 Å². The number of hydrogen-bond donors (Lipinski definition) is 1. The van der Waals surface area contributed by atoms with Gasteiger partial charge in [-0.05, 0) is 71.4 Å². The van der Waals surface area contributed by atoms with Gasteiger partial charge in [-0.2, -0.15) is 0 Å². The number of nitrogens with one attached hydrogen (secondary N) is 1. The van der Waals surface area contributed by atoms with Gasteiger partial charge >= 0.3 is 0 Å². The van der Waals surface area contributed by atoms with Crippen molar-refractivity contribution in [3.05, 3.63) is 58.4 Å². The maximum absolute atomic E-state index is 13.7. The first kappa shape index (κ1) is 20.0.